The van der Waals surface area contributed by atoms with E-state index in [1.165, 1.54) is 11.0 Å². The highest BCUT2D eigenvalue weighted by Crippen LogP contribution is 2.30. The molecule has 2 saturated heterocycles. The van der Waals surface area contributed by atoms with Gasteiger partial charge >= 0.3 is 12.2 Å². The summed E-state index contributed by atoms with van der Waals surface area (Å²) in [6.07, 6.45) is 0.595. The maximum atomic E-state index is 15.1. The fraction of sp³-hybridized carbons (Fsp3) is 0.286. The van der Waals surface area contributed by atoms with Gasteiger partial charge in [-0.1, -0.05) is 18.2 Å². The zero-order chi connectivity index (χ0) is 27.4. The van der Waals surface area contributed by atoms with E-state index in [0.717, 1.165) is 5.82 Å². The number of piperazine rings is 1. The molecule has 10 nitrogen and oxygen atoms in total. The average Bonchev–Trinajstić information content (AvgIpc) is 3.33. The molecule has 3 amide bonds. The minimum Gasteiger partial charge on any atom is -0.444 e. The van der Waals surface area contributed by atoms with E-state index < -0.39 is 23.9 Å². The smallest absolute Gasteiger partial charge is 0.415 e. The highest BCUT2D eigenvalue weighted by Gasteiger charge is 2.32. The summed E-state index contributed by atoms with van der Waals surface area (Å²) < 4.78 is 25.7. The number of nitrogens with two attached hydrogens (primary N) is 1. The van der Waals surface area contributed by atoms with Gasteiger partial charge < -0.3 is 25.0 Å². The summed E-state index contributed by atoms with van der Waals surface area (Å²) in [5.41, 5.74) is 6.48. The fourth-order valence-corrected chi connectivity index (χ4v) is 4.60. The second kappa shape index (κ2) is 11.4. The molecule has 11 heteroatoms. The number of ether oxygens (including phenoxy) is 2. The molecule has 2 fully saturated rings. The monoisotopic (exact) mass is 533 g/mol. The molecule has 2 aliphatic heterocycles. The second-order valence-corrected chi connectivity index (χ2v) is 9.35. The van der Waals surface area contributed by atoms with Gasteiger partial charge in [0.1, 0.15) is 23.5 Å². The van der Waals surface area contributed by atoms with E-state index in [1.807, 2.05) is 24.3 Å². The molecule has 0 saturated carbocycles. The van der Waals surface area contributed by atoms with Crippen LogP contribution < -0.4 is 20.3 Å². The highest BCUT2D eigenvalue weighted by atomic mass is 19.1. The van der Waals surface area contributed by atoms with Crippen molar-refractivity contribution in [2.45, 2.75) is 18.9 Å². The number of carbonyl (C=O) groups is 3. The molecule has 0 bridgehead atoms. The number of primary amides is 1. The number of hydrogen-bond donors (Lipinski definition) is 1. The summed E-state index contributed by atoms with van der Waals surface area (Å²) in [7, 11) is 0. The summed E-state index contributed by atoms with van der Waals surface area (Å²) in [6, 6.07) is 17.1. The van der Waals surface area contributed by atoms with Crippen LogP contribution in [0.15, 0.2) is 66.9 Å². The van der Waals surface area contributed by atoms with Crippen LogP contribution in [0.3, 0.4) is 0 Å². The molecule has 2 N–H and O–H groups in total. The van der Waals surface area contributed by atoms with Crippen molar-refractivity contribution >= 4 is 29.6 Å². The Morgan fingerprint density at radius 1 is 1.05 bits per heavy atom. The number of cyclic esters (lactones) is 1. The third kappa shape index (κ3) is 6.08. The molecule has 1 atom stereocenters. The van der Waals surface area contributed by atoms with Gasteiger partial charge in [-0.25, -0.2) is 19.0 Å². The average molecular weight is 534 g/mol. The van der Waals surface area contributed by atoms with Crippen molar-refractivity contribution in [3.8, 4) is 16.9 Å². The number of carbonyl (C=O) groups excluding carboxylic acids is 3. The normalized spacial score (nSPS) is 17.2. The van der Waals surface area contributed by atoms with Crippen LogP contribution in [-0.4, -0.2) is 66.8 Å². The van der Waals surface area contributed by atoms with E-state index in [9.17, 15) is 14.4 Å². The molecule has 39 heavy (non-hydrogen) atoms. The molecule has 1 aromatic heterocycles. The zero-order valence-corrected chi connectivity index (χ0v) is 21.2. The Balaban J connectivity index is 1.18. The van der Waals surface area contributed by atoms with Crippen molar-refractivity contribution in [2.24, 2.45) is 5.73 Å². The van der Waals surface area contributed by atoms with Gasteiger partial charge in [0.15, 0.2) is 0 Å². The number of pyridine rings is 1. The van der Waals surface area contributed by atoms with Crippen molar-refractivity contribution in [3.63, 3.8) is 0 Å². The van der Waals surface area contributed by atoms with E-state index in [-0.39, 0.29) is 19.1 Å². The lowest BCUT2D eigenvalue weighted by molar-refractivity contribution is -0.118. The molecule has 202 valence electrons. The van der Waals surface area contributed by atoms with Crippen LogP contribution >= 0.6 is 0 Å². The van der Waals surface area contributed by atoms with Gasteiger partial charge in [0, 0.05) is 49.9 Å². The minimum absolute atomic E-state index is 0.110. The number of rotatable bonds is 7. The van der Waals surface area contributed by atoms with Crippen LogP contribution in [-0.2, 0) is 9.53 Å². The van der Waals surface area contributed by atoms with Crippen molar-refractivity contribution in [1.29, 1.82) is 0 Å². The maximum absolute atomic E-state index is 15.1. The van der Waals surface area contributed by atoms with Crippen molar-refractivity contribution in [2.75, 3.05) is 42.5 Å². The molecule has 0 aliphatic carbocycles. The molecule has 3 aromatic rings. The van der Waals surface area contributed by atoms with E-state index >= 15 is 4.39 Å². The van der Waals surface area contributed by atoms with Gasteiger partial charge in [-0.15, -0.1) is 0 Å². The van der Waals surface area contributed by atoms with Crippen LogP contribution in [0.2, 0.25) is 0 Å². The van der Waals surface area contributed by atoms with Crippen LogP contribution in [0.5, 0.6) is 5.75 Å². The number of aromatic nitrogens is 1. The first kappa shape index (κ1) is 26.0. The molecular formula is C28H28FN5O5. The molecule has 1 unspecified atom stereocenters. The topological polar surface area (TPSA) is 118 Å². The second-order valence-electron chi connectivity index (χ2n) is 9.35. The predicted molar refractivity (Wildman–Crippen MR) is 142 cm³/mol. The summed E-state index contributed by atoms with van der Waals surface area (Å²) in [5, 5.41) is 0. The van der Waals surface area contributed by atoms with Gasteiger partial charge in [0.05, 0.1) is 12.2 Å². The molecule has 3 heterocycles. The maximum Gasteiger partial charge on any atom is 0.415 e. The van der Waals surface area contributed by atoms with E-state index in [2.05, 4.69) is 9.88 Å². The zero-order valence-electron chi connectivity index (χ0n) is 21.2. The Bertz CT molecular complexity index is 1350. The van der Waals surface area contributed by atoms with Crippen molar-refractivity contribution < 1.29 is 28.2 Å². The molecular weight excluding hydrogens is 505 g/mol. The summed E-state index contributed by atoms with van der Waals surface area (Å²) in [5.74, 6) is 0.271. The Kier molecular flexibility index (Phi) is 7.57. The standard InChI is InChI=1S/C28H28FN5O5/c29-24-16-20(34-18-22(39-28(34)37)8-10-25(30)35)7-9-23(24)19-6-11-26(31-17-19)32-12-14-33(15-13-32)27(36)38-21-4-2-1-3-5-21/h1-7,9,11,16-17,22H,8,10,12-15,18H2,(H2,30,35). The third-order valence-electron chi connectivity index (χ3n) is 6.72. The van der Waals surface area contributed by atoms with E-state index in [1.54, 1.807) is 41.4 Å². The number of hydrogen-bond acceptors (Lipinski definition) is 7. The number of amides is 3. The van der Waals surface area contributed by atoms with Gasteiger partial charge in [-0.2, -0.15) is 0 Å². The van der Waals surface area contributed by atoms with Gasteiger partial charge in [-0.3, -0.25) is 9.69 Å². The minimum atomic E-state index is -0.587. The Morgan fingerprint density at radius 2 is 1.82 bits per heavy atom. The van der Waals surface area contributed by atoms with Crippen molar-refractivity contribution in [1.82, 2.24) is 9.88 Å². The molecule has 5 rings (SSSR count). The number of para-hydroxylation sites is 1. The lowest BCUT2D eigenvalue weighted by Crippen LogP contribution is -2.49. The predicted octanol–water partition coefficient (Wildman–Crippen LogP) is 3.80. The number of halogens is 1. The lowest BCUT2D eigenvalue weighted by atomic mass is 10.1. The van der Waals surface area contributed by atoms with Crippen LogP contribution in [0, 0.1) is 5.82 Å². The van der Waals surface area contributed by atoms with Crippen LogP contribution in [0.4, 0.5) is 25.5 Å². The van der Waals surface area contributed by atoms with Crippen LogP contribution in [0.25, 0.3) is 11.1 Å². The molecule has 2 aromatic carbocycles. The Labute approximate surface area is 224 Å². The van der Waals surface area contributed by atoms with Gasteiger partial charge in [0.2, 0.25) is 5.91 Å². The number of nitrogens with zero attached hydrogens (tertiary/aromatic N) is 4. The largest absolute Gasteiger partial charge is 0.444 e. The summed E-state index contributed by atoms with van der Waals surface area (Å²) >= 11 is 0. The summed E-state index contributed by atoms with van der Waals surface area (Å²) in [6.45, 7) is 2.39. The number of anilines is 2. The quantitative estimate of drug-likeness (QED) is 0.491. The lowest BCUT2D eigenvalue weighted by Gasteiger charge is -2.34. The molecule has 0 spiro atoms. The molecule has 2 aliphatic rings. The first-order valence-electron chi connectivity index (χ1n) is 12.7. The van der Waals surface area contributed by atoms with E-state index in [4.69, 9.17) is 15.2 Å². The third-order valence-corrected chi connectivity index (χ3v) is 6.72. The van der Waals surface area contributed by atoms with Crippen molar-refractivity contribution in [3.05, 3.63) is 72.7 Å². The Morgan fingerprint density at radius 3 is 2.49 bits per heavy atom. The van der Waals surface area contributed by atoms with E-state index in [0.29, 0.717) is 55.2 Å². The van der Waals surface area contributed by atoms with Crippen LogP contribution in [0.1, 0.15) is 12.8 Å². The first-order valence-corrected chi connectivity index (χ1v) is 12.7. The molecule has 0 radical (unpaired) electrons. The highest BCUT2D eigenvalue weighted by molar-refractivity contribution is 5.90. The van der Waals surface area contributed by atoms with Gasteiger partial charge in [-0.05, 0) is 48.9 Å². The fourth-order valence-electron chi connectivity index (χ4n) is 4.60. The SMILES string of the molecule is NC(=O)CCC1CN(c2ccc(-c3ccc(N4CCN(C(=O)Oc5ccccc5)CC4)nc3)c(F)c2)C(=O)O1. The first-order chi connectivity index (χ1) is 18.9. The summed E-state index contributed by atoms with van der Waals surface area (Å²) in [4.78, 5) is 45.3. The van der Waals surface area contributed by atoms with Gasteiger partial charge in [0.25, 0.3) is 0 Å². The Hall–Kier alpha value is -4.67. The number of benzene rings is 2.